The zero-order chi connectivity index (χ0) is 23.4. The Kier molecular flexibility index (Phi) is 6.84. The van der Waals surface area contributed by atoms with Crippen LogP contribution in [-0.2, 0) is 0 Å². The summed E-state index contributed by atoms with van der Waals surface area (Å²) in [6.45, 7) is 3.07. The van der Waals surface area contributed by atoms with Gasteiger partial charge in [0.15, 0.2) is 11.7 Å². The minimum atomic E-state index is -0.362. The van der Waals surface area contributed by atoms with Gasteiger partial charge in [0, 0.05) is 36.7 Å². The number of piperidine rings is 1. The normalized spacial score (nSPS) is 14.2. The Morgan fingerprint density at radius 2 is 1.79 bits per heavy atom. The molecule has 1 N–H and O–H groups in total. The molecule has 2 aromatic carbocycles. The first-order valence-corrected chi connectivity index (χ1v) is 11.1. The summed E-state index contributed by atoms with van der Waals surface area (Å²) in [7, 11) is 3.27. The van der Waals surface area contributed by atoms with Gasteiger partial charge in [-0.2, -0.15) is 0 Å². The van der Waals surface area contributed by atoms with E-state index in [4.69, 9.17) is 18.9 Å². The number of methoxy groups -OCH3 is 2. The highest BCUT2D eigenvalue weighted by atomic mass is 16.5. The largest absolute Gasteiger partial charge is 0.497 e. The monoisotopic (exact) mass is 451 g/mol. The molecule has 3 aromatic rings. The van der Waals surface area contributed by atoms with Crippen molar-refractivity contribution in [2.45, 2.75) is 25.7 Å². The van der Waals surface area contributed by atoms with Gasteiger partial charge in [-0.3, -0.25) is 5.21 Å². The Balaban J connectivity index is 1.64. The van der Waals surface area contributed by atoms with Crippen LogP contribution in [0.3, 0.4) is 0 Å². The maximum atomic E-state index is 12.3. The van der Waals surface area contributed by atoms with Gasteiger partial charge in [-0.05, 0) is 56.2 Å². The Morgan fingerprint density at radius 3 is 2.42 bits per heavy atom. The van der Waals surface area contributed by atoms with Gasteiger partial charge in [0.05, 0.1) is 14.2 Å². The molecule has 0 atom stereocenters. The van der Waals surface area contributed by atoms with E-state index in [2.05, 4.69) is 0 Å². The summed E-state index contributed by atoms with van der Waals surface area (Å²) in [5, 5.41) is 10.5. The molecule has 33 heavy (non-hydrogen) atoms. The summed E-state index contributed by atoms with van der Waals surface area (Å²) in [5.41, 5.74) is 2.56. The first-order valence-electron chi connectivity index (χ1n) is 11.1. The number of rotatable bonds is 6. The fourth-order valence-electron chi connectivity index (χ4n) is 4.03. The molecule has 0 aliphatic carbocycles. The van der Waals surface area contributed by atoms with E-state index in [0.717, 1.165) is 33.4 Å². The first kappa shape index (κ1) is 22.7. The fourth-order valence-corrected chi connectivity index (χ4v) is 4.03. The Bertz CT molecular complexity index is 1090. The predicted octanol–water partition coefficient (Wildman–Crippen LogP) is 5.04. The van der Waals surface area contributed by atoms with Gasteiger partial charge in [-0.25, -0.2) is 14.8 Å². The molecule has 0 unspecified atom stereocenters. The number of oxazole rings is 1. The highest BCUT2D eigenvalue weighted by Crippen LogP contribution is 2.38. The second-order valence-corrected chi connectivity index (χ2v) is 7.95. The van der Waals surface area contributed by atoms with Crippen molar-refractivity contribution in [3.05, 3.63) is 54.4 Å². The van der Waals surface area contributed by atoms with Crippen molar-refractivity contribution < 1.29 is 23.9 Å². The van der Waals surface area contributed by atoms with E-state index < -0.39 is 0 Å². The van der Waals surface area contributed by atoms with E-state index in [1.807, 2.05) is 48.5 Å². The molecular weight excluding hydrogens is 422 g/mol. The van der Waals surface area contributed by atoms with E-state index in [1.165, 1.54) is 0 Å². The number of amides is 2. The predicted molar refractivity (Wildman–Crippen MR) is 124 cm³/mol. The number of nitrogens with zero attached hydrogens (tertiary/aromatic N) is 3. The Morgan fingerprint density at radius 1 is 1.09 bits per heavy atom. The molecule has 0 saturated carbocycles. The van der Waals surface area contributed by atoms with Crippen molar-refractivity contribution in [3.63, 3.8) is 0 Å². The van der Waals surface area contributed by atoms with Crippen molar-refractivity contribution in [1.82, 2.24) is 14.9 Å². The summed E-state index contributed by atoms with van der Waals surface area (Å²) >= 11 is 0. The quantitative estimate of drug-likeness (QED) is 0.417. The number of aromatic nitrogens is 1. The van der Waals surface area contributed by atoms with E-state index in [0.29, 0.717) is 37.6 Å². The second kappa shape index (κ2) is 9.95. The van der Waals surface area contributed by atoms with Crippen LogP contribution in [0.15, 0.2) is 52.9 Å². The van der Waals surface area contributed by atoms with Gasteiger partial charge in [0.25, 0.3) is 0 Å². The van der Waals surface area contributed by atoms with Crippen LogP contribution in [0.4, 0.5) is 4.79 Å². The molecule has 2 heterocycles. The number of benzene rings is 2. The summed E-state index contributed by atoms with van der Waals surface area (Å²) < 4.78 is 17.0. The van der Waals surface area contributed by atoms with Crippen LogP contribution in [0.25, 0.3) is 22.6 Å². The van der Waals surface area contributed by atoms with Gasteiger partial charge in [0.2, 0.25) is 0 Å². The van der Waals surface area contributed by atoms with Gasteiger partial charge in [-0.15, -0.1) is 0 Å². The minimum Gasteiger partial charge on any atom is -0.497 e. The number of hydrogen-bond donors (Lipinski definition) is 1. The number of likely N-dealkylation sites (tertiary alicyclic amines) is 1. The fraction of sp³-hybridized carbons (Fsp3) is 0.360. The van der Waals surface area contributed by atoms with Crippen molar-refractivity contribution in [2.75, 3.05) is 33.9 Å². The minimum absolute atomic E-state index is 0.0826. The number of ether oxygens (including phenoxy) is 2. The molecule has 0 bridgehead atoms. The summed E-state index contributed by atoms with van der Waals surface area (Å²) in [6, 6.07) is 15.1. The van der Waals surface area contributed by atoms with Gasteiger partial charge >= 0.3 is 6.03 Å². The third-order valence-corrected chi connectivity index (χ3v) is 5.97. The van der Waals surface area contributed by atoms with Crippen LogP contribution < -0.4 is 9.47 Å². The van der Waals surface area contributed by atoms with Crippen LogP contribution >= 0.6 is 0 Å². The molecule has 1 aliphatic rings. The highest BCUT2D eigenvalue weighted by molar-refractivity contribution is 5.78. The van der Waals surface area contributed by atoms with Crippen molar-refractivity contribution in [3.8, 4) is 34.1 Å². The zero-order valence-electron chi connectivity index (χ0n) is 19.2. The highest BCUT2D eigenvalue weighted by Gasteiger charge is 2.30. The number of urea groups is 1. The van der Waals surface area contributed by atoms with Crippen LogP contribution in [-0.4, -0.2) is 60.0 Å². The first-order chi connectivity index (χ1) is 16.0. The third-order valence-electron chi connectivity index (χ3n) is 5.97. The topological polar surface area (TPSA) is 88.3 Å². The van der Waals surface area contributed by atoms with Crippen molar-refractivity contribution in [2.24, 2.45) is 0 Å². The van der Waals surface area contributed by atoms with Crippen molar-refractivity contribution >= 4 is 6.03 Å². The lowest BCUT2D eigenvalue weighted by atomic mass is 9.97. The van der Waals surface area contributed by atoms with E-state index in [1.54, 1.807) is 26.0 Å². The average molecular weight is 452 g/mol. The number of hydroxylamine groups is 2. The van der Waals surface area contributed by atoms with Gasteiger partial charge < -0.3 is 18.8 Å². The molecule has 1 saturated heterocycles. The molecule has 0 radical (unpaired) electrons. The smallest absolute Gasteiger partial charge is 0.343 e. The van der Waals surface area contributed by atoms with Crippen LogP contribution in [0.2, 0.25) is 0 Å². The van der Waals surface area contributed by atoms with E-state index in [9.17, 15) is 10.0 Å². The Labute approximate surface area is 193 Å². The molecule has 1 aromatic heterocycles. The lowest BCUT2D eigenvalue weighted by Crippen LogP contribution is -2.45. The maximum absolute atomic E-state index is 12.3. The average Bonchev–Trinajstić information content (AvgIpc) is 3.33. The molecule has 1 aliphatic heterocycles. The molecule has 4 rings (SSSR count). The van der Waals surface area contributed by atoms with Crippen LogP contribution in [0.1, 0.15) is 31.6 Å². The van der Waals surface area contributed by atoms with Gasteiger partial charge in [0.1, 0.15) is 17.2 Å². The van der Waals surface area contributed by atoms with E-state index >= 15 is 0 Å². The van der Waals surface area contributed by atoms with Crippen molar-refractivity contribution in [1.29, 1.82) is 0 Å². The molecule has 0 spiro atoms. The van der Waals surface area contributed by atoms with Gasteiger partial charge in [-0.1, -0.05) is 12.1 Å². The molecular formula is C25H29N3O5. The third kappa shape index (κ3) is 4.80. The lowest BCUT2D eigenvalue weighted by molar-refractivity contribution is -0.0543. The summed E-state index contributed by atoms with van der Waals surface area (Å²) in [4.78, 5) is 18.8. The number of hydrogen-bond acceptors (Lipinski definition) is 6. The summed E-state index contributed by atoms with van der Waals surface area (Å²) in [6.07, 6.45) is 1.42. The molecule has 174 valence electrons. The lowest BCUT2D eigenvalue weighted by Gasteiger charge is -2.32. The van der Waals surface area contributed by atoms with E-state index in [-0.39, 0.29) is 18.5 Å². The summed E-state index contributed by atoms with van der Waals surface area (Å²) in [5.74, 6) is 2.93. The van der Waals surface area contributed by atoms with Crippen LogP contribution in [0.5, 0.6) is 11.5 Å². The van der Waals surface area contributed by atoms with Crippen LogP contribution in [0, 0.1) is 0 Å². The molecule has 8 nitrogen and oxygen atoms in total. The standard InChI is InChI=1S/C25H29N3O5/c1-4-28(30)25(29)27-14-12-18(13-15-27)24-26-22(17-8-10-20(31-2)11-9-17)23(33-24)19-6-5-7-21(16-19)32-3/h5-11,16,18,30H,4,12-15H2,1-3H3. The molecule has 1 fully saturated rings. The molecule has 2 amide bonds. The molecule has 8 heteroatoms. The number of carbonyl (C=O) groups excluding carboxylic acids is 1. The second-order valence-electron chi connectivity index (χ2n) is 7.95. The number of carbonyl (C=O) groups is 1. The maximum Gasteiger partial charge on any atom is 0.343 e. The Hall–Kier alpha value is -3.52. The zero-order valence-corrected chi connectivity index (χ0v) is 19.2. The SMILES string of the molecule is CCN(O)C(=O)N1CCC(c2nc(-c3ccc(OC)cc3)c(-c3cccc(OC)c3)o2)CC1.